The molecule has 86 valence electrons. The molecule has 16 heavy (non-hydrogen) atoms. The molecule has 0 amide bonds. The fraction of sp³-hybridized carbons (Fsp3) is 0.500. The summed E-state index contributed by atoms with van der Waals surface area (Å²) in [7, 11) is 0. The standard InChI is InChI=1S/C14H19NO/c1-4-12(10-15)9-13-6-7-14(16-5-2)11(3)8-13/h6-8,12H,4-5,9H2,1-3H3. The van der Waals surface area contributed by atoms with Crippen LogP contribution in [0.3, 0.4) is 0 Å². The molecule has 0 aliphatic heterocycles. The van der Waals surface area contributed by atoms with E-state index in [-0.39, 0.29) is 5.92 Å². The second kappa shape index (κ2) is 6.17. The molecule has 0 spiro atoms. The quantitative estimate of drug-likeness (QED) is 0.756. The lowest BCUT2D eigenvalue weighted by Gasteiger charge is -2.10. The predicted molar refractivity (Wildman–Crippen MR) is 65.4 cm³/mol. The maximum atomic E-state index is 8.92. The SMILES string of the molecule is CCOc1ccc(CC(C#N)CC)cc1C. The summed E-state index contributed by atoms with van der Waals surface area (Å²) in [5.41, 5.74) is 2.36. The maximum Gasteiger partial charge on any atom is 0.122 e. The van der Waals surface area contributed by atoms with Crippen LogP contribution in [-0.2, 0) is 6.42 Å². The van der Waals surface area contributed by atoms with Crippen molar-refractivity contribution in [1.82, 2.24) is 0 Å². The zero-order valence-electron chi connectivity index (χ0n) is 10.3. The second-order valence-corrected chi connectivity index (χ2v) is 3.97. The van der Waals surface area contributed by atoms with Gasteiger partial charge in [0.1, 0.15) is 5.75 Å². The van der Waals surface area contributed by atoms with Crippen molar-refractivity contribution in [2.24, 2.45) is 5.92 Å². The molecule has 0 heterocycles. The van der Waals surface area contributed by atoms with Crippen LogP contribution < -0.4 is 4.74 Å². The fourth-order valence-corrected chi connectivity index (χ4v) is 1.72. The molecule has 0 saturated heterocycles. The number of rotatable bonds is 5. The van der Waals surface area contributed by atoms with Gasteiger partial charge in [0.2, 0.25) is 0 Å². The monoisotopic (exact) mass is 217 g/mol. The molecule has 0 N–H and O–H groups in total. The molecule has 1 atom stereocenters. The van der Waals surface area contributed by atoms with Gasteiger partial charge in [0.15, 0.2) is 0 Å². The first kappa shape index (κ1) is 12.6. The van der Waals surface area contributed by atoms with Crippen LogP contribution in [0.25, 0.3) is 0 Å². The molecule has 0 fully saturated rings. The highest BCUT2D eigenvalue weighted by atomic mass is 16.5. The van der Waals surface area contributed by atoms with Crippen molar-refractivity contribution >= 4 is 0 Å². The van der Waals surface area contributed by atoms with Crippen LogP contribution in [0.15, 0.2) is 18.2 Å². The Morgan fingerprint density at radius 1 is 1.38 bits per heavy atom. The van der Waals surface area contributed by atoms with E-state index in [4.69, 9.17) is 10.00 Å². The van der Waals surface area contributed by atoms with Crippen LogP contribution in [-0.4, -0.2) is 6.61 Å². The number of hydrogen-bond donors (Lipinski definition) is 0. The number of hydrogen-bond acceptors (Lipinski definition) is 2. The van der Waals surface area contributed by atoms with Crippen molar-refractivity contribution in [2.75, 3.05) is 6.61 Å². The van der Waals surface area contributed by atoms with E-state index in [0.29, 0.717) is 6.61 Å². The van der Waals surface area contributed by atoms with E-state index in [9.17, 15) is 0 Å². The summed E-state index contributed by atoms with van der Waals surface area (Å²) in [5, 5.41) is 8.92. The predicted octanol–water partition coefficient (Wildman–Crippen LogP) is 3.49. The highest BCUT2D eigenvalue weighted by Crippen LogP contribution is 2.21. The second-order valence-electron chi connectivity index (χ2n) is 3.97. The summed E-state index contributed by atoms with van der Waals surface area (Å²) in [4.78, 5) is 0. The third-order valence-electron chi connectivity index (χ3n) is 2.70. The van der Waals surface area contributed by atoms with E-state index in [0.717, 1.165) is 24.2 Å². The Hall–Kier alpha value is -1.49. The van der Waals surface area contributed by atoms with Crippen molar-refractivity contribution < 1.29 is 4.74 Å². The van der Waals surface area contributed by atoms with Crippen LogP contribution in [0, 0.1) is 24.2 Å². The summed E-state index contributed by atoms with van der Waals surface area (Å²) in [5.74, 6) is 1.06. The summed E-state index contributed by atoms with van der Waals surface area (Å²) >= 11 is 0. The number of ether oxygens (including phenoxy) is 1. The molecular formula is C14H19NO. The fourth-order valence-electron chi connectivity index (χ4n) is 1.72. The Balaban J connectivity index is 2.77. The van der Waals surface area contributed by atoms with Gasteiger partial charge in [-0.15, -0.1) is 0 Å². The third-order valence-corrected chi connectivity index (χ3v) is 2.70. The smallest absolute Gasteiger partial charge is 0.122 e. The highest BCUT2D eigenvalue weighted by molar-refractivity contribution is 5.36. The molecule has 1 aromatic rings. The van der Waals surface area contributed by atoms with Crippen molar-refractivity contribution in [3.63, 3.8) is 0 Å². The molecule has 1 unspecified atom stereocenters. The summed E-state index contributed by atoms with van der Waals surface area (Å²) in [6.45, 7) is 6.77. The summed E-state index contributed by atoms with van der Waals surface area (Å²) in [6.07, 6.45) is 1.74. The van der Waals surface area contributed by atoms with Gasteiger partial charge in [-0.25, -0.2) is 0 Å². The molecule has 0 aliphatic rings. The average molecular weight is 217 g/mol. The topological polar surface area (TPSA) is 33.0 Å². The van der Waals surface area contributed by atoms with Crippen LogP contribution in [0.1, 0.15) is 31.4 Å². The number of benzene rings is 1. The van der Waals surface area contributed by atoms with Crippen LogP contribution in [0.2, 0.25) is 0 Å². The van der Waals surface area contributed by atoms with Crippen molar-refractivity contribution in [3.05, 3.63) is 29.3 Å². The van der Waals surface area contributed by atoms with E-state index in [1.54, 1.807) is 0 Å². The minimum absolute atomic E-state index is 0.123. The average Bonchev–Trinajstić information content (AvgIpc) is 2.29. The molecule has 0 aliphatic carbocycles. The van der Waals surface area contributed by atoms with Crippen molar-refractivity contribution in [2.45, 2.75) is 33.6 Å². The molecule has 1 aromatic carbocycles. The highest BCUT2D eigenvalue weighted by Gasteiger charge is 2.07. The number of nitrogens with zero attached hydrogens (tertiary/aromatic N) is 1. The van der Waals surface area contributed by atoms with E-state index in [2.05, 4.69) is 25.1 Å². The zero-order chi connectivity index (χ0) is 12.0. The van der Waals surface area contributed by atoms with E-state index < -0.39 is 0 Å². The molecule has 2 nitrogen and oxygen atoms in total. The molecule has 0 bridgehead atoms. The molecular weight excluding hydrogens is 198 g/mol. The first-order valence-corrected chi connectivity index (χ1v) is 5.83. The first-order chi connectivity index (χ1) is 7.71. The molecule has 0 saturated carbocycles. The number of aryl methyl sites for hydroxylation is 1. The molecule has 2 heteroatoms. The van der Waals surface area contributed by atoms with Gasteiger partial charge in [-0.05, 0) is 43.9 Å². The Kier molecular flexibility index (Phi) is 4.85. The molecule has 1 rings (SSSR count). The lowest BCUT2D eigenvalue weighted by Crippen LogP contribution is -2.01. The van der Waals surface area contributed by atoms with E-state index in [1.807, 2.05) is 19.9 Å². The third kappa shape index (κ3) is 3.27. The van der Waals surface area contributed by atoms with E-state index in [1.165, 1.54) is 5.56 Å². The minimum atomic E-state index is 0.123. The zero-order valence-corrected chi connectivity index (χ0v) is 10.3. The maximum absolute atomic E-state index is 8.92. The Morgan fingerprint density at radius 2 is 2.12 bits per heavy atom. The first-order valence-electron chi connectivity index (χ1n) is 5.83. The van der Waals surface area contributed by atoms with Crippen LogP contribution in [0.5, 0.6) is 5.75 Å². The van der Waals surface area contributed by atoms with Gasteiger partial charge >= 0.3 is 0 Å². The van der Waals surface area contributed by atoms with Crippen molar-refractivity contribution in [1.29, 1.82) is 5.26 Å². The lowest BCUT2D eigenvalue weighted by molar-refractivity contribution is 0.337. The van der Waals surface area contributed by atoms with E-state index >= 15 is 0 Å². The van der Waals surface area contributed by atoms with Crippen LogP contribution in [0.4, 0.5) is 0 Å². The van der Waals surface area contributed by atoms with Gasteiger partial charge in [-0.2, -0.15) is 5.26 Å². The normalized spacial score (nSPS) is 11.9. The Bertz CT molecular complexity index is 379. The Morgan fingerprint density at radius 3 is 2.62 bits per heavy atom. The van der Waals surface area contributed by atoms with Gasteiger partial charge < -0.3 is 4.74 Å². The largest absolute Gasteiger partial charge is 0.494 e. The van der Waals surface area contributed by atoms with Crippen molar-refractivity contribution in [3.8, 4) is 11.8 Å². The lowest BCUT2D eigenvalue weighted by atomic mass is 9.97. The molecule has 0 radical (unpaired) electrons. The van der Waals surface area contributed by atoms with Gasteiger partial charge in [-0.3, -0.25) is 0 Å². The molecule has 0 aromatic heterocycles. The van der Waals surface area contributed by atoms with Crippen LogP contribution >= 0.6 is 0 Å². The minimum Gasteiger partial charge on any atom is -0.494 e. The number of nitriles is 1. The van der Waals surface area contributed by atoms with Gasteiger partial charge in [-0.1, -0.05) is 19.1 Å². The van der Waals surface area contributed by atoms with Gasteiger partial charge in [0.25, 0.3) is 0 Å². The Labute approximate surface area is 97.9 Å². The summed E-state index contributed by atoms with van der Waals surface area (Å²) < 4.78 is 5.48. The van der Waals surface area contributed by atoms with Gasteiger partial charge in [0, 0.05) is 0 Å². The summed E-state index contributed by atoms with van der Waals surface area (Å²) in [6, 6.07) is 8.50. The van der Waals surface area contributed by atoms with Gasteiger partial charge in [0.05, 0.1) is 18.6 Å².